The van der Waals surface area contributed by atoms with Gasteiger partial charge >= 0.3 is 7.12 Å². The molecule has 1 aromatic heterocycles. The lowest BCUT2D eigenvalue weighted by atomic mass is 9.80. The Labute approximate surface area is 122 Å². The lowest BCUT2D eigenvalue weighted by molar-refractivity contribution is 0.00578. The molecule has 0 saturated carbocycles. The third kappa shape index (κ3) is 3.15. The molecule has 110 valence electrons. The Hall–Kier alpha value is -1.07. The number of hydrogen-bond donors (Lipinski definition) is 0. The first-order valence-electron chi connectivity index (χ1n) is 7.16. The average molecular weight is 277 g/mol. The summed E-state index contributed by atoms with van der Waals surface area (Å²) >= 11 is 0. The Morgan fingerprint density at radius 3 is 2.20 bits per heavy atom. The third-order valence-electron chi connectivity index (χ3n) is 3.85. The lowest BCUT2D eigenvalue weighted by Gasteiger charge is -2.32. The molecule has 0 unspecified atom stereocenters. The van der Waals surface area contributed by atoms with Gasteiger partial charge in [-0.05, 0) is 39.7 Å². The Morgan fingerprint density at radius 1 is 1.15 bits per heavy atom. The molecule has 0 N–H and O–H groups in total. The Morgan fingerprint density at radius 2 is 1.75 bits per heavy atom. The summed E-state index contributed by atoms with van der Waals surface area (Å²) in [4.78, 5) is 4.31. The molecule has 2 heterocycles. The molecule has 20 heavy (non-hydrogen) atoms. The maximum Gasteiger partial charge on any atom is 0.496 e. The summed E-state index contributed by atoms with van der Waals surface area (Å²) in [5.41, 5.74) is 0.259. The van der Waals surface area contributed by atoms with Crippen LogP contribution in [0.1, 0.15) is 41.5 Å². The van der Waals surface area contributed by atoms with Crippen LogP contribution in [0.2, 0.25) is 0 Å². The van der Waals surface area contributed by atoms with Crippen molar-refractivity contribution in [3.63, 3.8) is 0 Å². The number of pyridine rings is 1. The van der Waals surface area contributed by atoms with E-state index in [0.717, 1.165) is 5.46 Å². The molecule has 4 nitrogen and oxygen atoms in total. The second kappa shape index (κ2) is 5.37. The van der Waals surface area contributed by atoms with E-state index in [1.165, 1.54) is 0 Å². The van der Waals surface area contributed by atoms with Gasteiger partial charge in [-0.3, -0.25) is 0 Å². The Kier molecular flexibility index (Phi) is 4.12. The SMILES string of the molecule is CC(C)COc1ccc(B2OC(C)(C)C(C)(C)O2)cn1. The first-order chi connectivity index (χ1) is 9.21. The van der Waals surface area contributed by atoms with Crippen LogP contribution in [0.3, 0.4) is 0 Å². The predicted octanol–water partition coefficient (Wildman–Crippen LogP) is 2.42. The minimum atomic E-state index is -0.369. The van der Waals surface area contributed by atoms with Gasteiger partial charge in [0.05, 0.1) is 17.8 Å². The fourth-order valence-corrected chi connectivity index (χ4v) is 1.85. The van der Waals surface area contributed by atoms with Crippen molar-refractivity contribution in [3.8, 4) is 5.88 Å². The summed E-state index contributed by atoms with van der Waals surface area (Å²) in [7, 11) is -0.369. The minimum Gasteiger partial charge on any atom is -0.477 e. The van der Waals surface area contributed by atoms with E-state index in [4.69, 9.17) is 14.0 Å². The molecule has 0 aliphatic carbocycles. The summed E-state index contributed by atoms with van der Waals surface area (Å²) in [6, 6.07) is 3.81. The average Bonchev–Trinajstić information content (AvgIpc) is 2.56. The van der Waals surface area contributed by atoms with Gasteiger partial charge in [0.15, 0.2) is 0 Å². The van der Waals surface area contributed by atoms with Gasteiger partial charge in [-0.15, -0.1) is 0 Å². The fourth-order valence-electron chi connectivity index (χ4n) is 1.85. The van der Waals surface area contributed by atoms with Crippen molar-refractivity contribution in [3.05, 3.63) is 18.3 Å². The highest BCUT2D eigenvalue weighted by Gasteiger charge is 2.51. The third-order valence-corrected chi connectivity index (χ3v) is 3.85. The molecule has 1 aliphatic rings. The molecular formula is C15H24BNO3. The standard InChI is InChI=1S/C15H24BNO3/c1-11(2)10-18-13-8-7-12(9-17-13)16-19-14(3,4)15(5,6)20-16/h7-9,11H,10H2,1-6H3. The van der Waals surface area contributed by atoms with E-state index in [0.29, 0.717) is 18.4 Å². The molecule has 1 aliphatic heterocycles. The highest BCUT2D eigenvalue weighted by Crippen LogP contribution is 2.36. The van der Waals surface area contributed by atoms with Crippen molar-refractivity contribution in [2.75, 3.05) is 6.61 Å². The lowest BCUT2D eigenvalue weighted by Crippen LogP contribution is -2.41. The van der Waals surface area contributed by atoms with Gasteiger partial charge in [0.1, 0.15) is 0 Å². The zero-order valence-corrected chi connectivity index (χ0v) is 13.3. The van der Waals surface area contributed by atoms with E-state index < -0.39 is 0 Å². The quantitative estimate of drug-likeness (QED) is 0.792. The van der Waals surface area contributed by atoms with Crippen molar-refractivity contribution < 1.29 is 14.0 Å². The second-order valence-electron chi connectivity index (χ2n) is 6.72. The fraction of sp³-hybridized carbons (Fsp3) is 0.667. The number of nitrogens with zero attached hydrogens (tertiary/aromatic N) is 1. The zero-order valence-electron chi connectivity index (χ0n) is 13.3. The molecule has 5 heteroatoms. The molecule has 1 fully saturated rings. The zero-order chi connectivity index (χ0) is 15.0. The van der Waals surface area contributed by atoms with Gasteiger partial charge in [-0.25, -0.2) is 4.98 Å². The van der Waals surface area contributed by atoms with Crippen molar-refractivity contribution in [1.29, 1.82) is 0 Å². The van der Waals surface area contributed by atoms with Crippen molar-refractivity contribution in [2.45, 2.75) is 52.7 Å². The summed E-state index contributed by atoms with van der Waals surface area (Å²) in [5.74, 6) is 1.12. The van der Waals surface area contributed by atoms with Crippen molar-refractivity contribution in [1.82, 2.24) is 4.98 Å². The van der Waals surface area contributed by atoms with Crippen LogP contribution >= 0.6 is 0 Å². The van der Waals surface area contributed by atoms with E-state index in [-0.39, 0.29) is 18.3 Å². The normalized spacial score (nSPS) is 20.4. The Balaban J connectivity index is 2.05. The first kappa shape index (κ1) is 15.3. The molecule has 2 rings (SSSR count). The maximum atomic E-state index is 5.99. The van der Waals surface area contributed by atoms with Crippen molar-refractivity contribution in [2.24, 2.45) is 5.92 Å². The molecular weight excluding hydrogens is 253 g/mol. The van der Waals surface area contributed by atoms with E-state index >= 15 is 0 Å². The van der Waals surface area contributed by atoms with Gasteiger partial charge in [0.25, 0.3) is 0 Å². The Bertz CT molecular complexity index is 441. The van der Waals surface area contributed by atoms with Gasteiger partial charge < -0.3 is 14.0 Å². The number of ether oxygens (including phenoxy) is 1. The monoisotopic (exact) mass is 277 g/mol. The summed E-state index contributed by atoms with van der Waals surface area (Å²) in [6.45, 7) is 13.1. The first-order valence-corrected chi connectivity index (χ1v) is 7.16. The van der Waals surface area contributed by atoms with Crippen LogP contribution in [0.5, 0.6) is 5.88 Å². The van der Waals surface area contributed by atoms with Crippen LogP contribution < -0.4 is 10.2 Å². The summed E-state index contributed by atoms with van der Waals surface area (Å²) < 4.78 is 17.5. The number of hydrogen-bond acceptors (Lipinski definition) is 4. The largest absolute Gasteiger partial charge is 0.496 e. The van der Waals surface area contributed by atoms with Crippen molar-refractivity contribution >= 4 is 12.6 Å². The summed E-state index contributed by atoms with van der Waals surface area (Å²) in [6.07, 6.45) is 1.76. The van der Waals surface area contributed by atoms with Gasteiger partial charge in [-0.1, -0.05) is 19.9 Å². The predicted molar refractivity (Wildman–Crippen MR) is 80.3 cm³/mol. The van der Waals surface area contributed by atoms with Crippen LogP contribution in [0.4, 0.5) is 0 Å². The molecule has 0 radical (unpaired) electrons. The van der Waals surface area contributed by atoms with Gasteiger partial charge in [0.2, 0.25) is 5.88 Å². The molecule has 0 amide bonds. The molecule has 1 aromatic rings. The van der Waals surface area contributed by atoms with E-state index in [2.05, 4.69) is 18.8 Å². The minimum absolute atomic E-state index is 0.329. The van der Waals surface area contributed by atoms with Crippen LogP contribution in [-0.4, -0.2) is 29.9 Å². The molecule has 0 bridgehead atoms. The molecule has 0 aromatic carbocycles. The number of aromatic nitrogens is 1. The van der Waals surface area contributed by atoms with Crippen LogP contribution in [0.25, 0.3) is 0 Å². The molecule has 0 spiro atoms. The van der Waals surface area contributed by atoms with Crippen LogP contribution in [0, 0.1) is 5.92 Å². The van der Waals surface area contributed by atoms with Gasteiger partial charge in [0, 0.05) is 11.7 Å². The van der Waals surface area contributed by atoms with E-state index in [1.807, 2.05) is 39.8 Å². The van der Waals surface area contributed by atoms with Crippen LogP contribution in [0.15, 0.2) is 18.3 Å². The smallest absolute Gasteiger partial charge is 0.477 e. The van der Waals surface area contributed by atoms with E-state index in [1.54, 1.807) is 6.20 Å². The summed E-state index contributed by atoms with van der Waals surface area (Å²) in [5, 5.41) is 0. The number of rotatable bonds is 4. The second-order valence-corrected chi connectivity index (χ2v) is 6.72. The topological polar surface area (TPSA) is 40.6 Å². The van der Waals surface area contributed by atoms with E-state index in [9.17, 15) is 0 Å². The van der Waals surface area contributed by atoms with Crippen LogP contribution in [-0.2, 0) is 9.31 Å². The highest BCUT2D eigenvalue weighted by molar-refractivity contribution is 6.62. The molecule has 0 atom stereocenters. The maximum absolute atomic E-state index is 5.99. The van der Waals surface area contributed by atoms with Gasteiger partial charge in [-0.2, -0.15) is 0 Å². The highest BCUT2D eigenvalue weighted by atomic mass is 16.7. The molecule has 1 saturated heterocycles.